The Labute approximate surface area is 95.0 Å². The number of carbonyl (C=O) groups excluding carboxylic acids is 1. The normalized spacial score (nSPS) is 10.3. The van der Waals surface area contributed by atoms with Gasteiger partial charge in [0.05, 0.1) is 14.4 Å². The maximum Gasteiger partial charge on any atom is 0.182 e. The smallest absolute Gasteiger partial charge is 0.182 e. The van der Waals surface area contributed by atoms with E-state index in [1.807, 2.05) is 12.1 Å². The van der Waals surface area contributed by atoms with Crippen molar-refractivity contribution in [1.82, 2.24) is 0 Å². The van der Waals surface area contributed by atoms with Gasteiger partial charge in [-0.3, -0.25) is 4.79 Å². The van der Waals surface area contributed by atoms with Gasteiger partial charge in [0.25, 0.3) is 0 Å². The van der Waals surface area contributed by atoms with Crippen molar-refractivity contribution in [3.8, 4) is 0 Å². The van der Waals surface area contributed by atoms with E-state index in [9.17, 15) is 4.79 Å². The van der Waals surface area contributed by atoms with Crippen LogP contribution in [0.25, 0.3) is 0 Å². The Morgan fingerprint density at radius 1 is 1.62 bits per heavy atom. The summed E-state index contributed by atoms with van der Waals surface area (Å²) >= 11 is 6.56. The maximum absolute atomic E-state index is 11.5. The van der Waals surface area contributed by atoms with Gasteiger partial charge in [0.2, 0.25) is 0 Å². The van der Waals surface area contributed by atoms with Gasteiger partial charge >= 0.3 is 0 Å². The highest BCUT2D eigenvalue weighted by Gasteiger charge is 2.07. The Morgan fingerprint density at radius 2 is 2.38 bits per heavy atom. The molecule has 1 aromatic heterocycles. The fourth-order valence-corrected chi connectivity index (χ4v) is 3.03. The maximum atomic E-state index is 11.5. The summed E-state index contributed by atoms with van der Waals surface area (Å²) in [4.78, 5) is 12.4. The summed E-state index contributed by atoms with van der Waals surface area (Å²) in [6, 6.07) is 3.80. The molecule has 1 nitrogen and oxygen atoms in total. The Morgan fingerprint density at radius 3 is 2.92 bits per heavy atom. The molecular weight excluding hydrogens is 268 g/mol. The minimum Gasteiger partial charge on any atom is -0.292 e. The van der Waals surface area contributed by atoms with Crippen molar-refractivity contribution in [2.24, 2.45) is 0 Å². The lowest BCUT2D eigenvalue weighted by Gasteiger charge is -1.96. The molecule has 0 unspecified atom stereocenters. The molecule has 0 radical (unpaired) electrons. The van der Waals surface area contributed by atoms with Crippen LogP contribution in [-0.4, -0.2) is 17.3 Å². The van der Waals surface area contributed by atoms with Crippen LogP contribution in [0.4, 0.5) is 0 Å². The standard InChI is InChI=1S/C9H11BrOS2/c1-2-5-12-6-7(11)8-3-4-9(10)13-8/h3-4H,2,5-6H2,1H3. The number of carbonyl (C=O) groups is 1. The van der Waals surface area contributed by atoms with Gasteiger partial charge in [-0.1, -0.05) is 6.92 Å². The van der Waals surface area contributed by atoms with Gasteiger partial charge < -0.3 is 0 Å². The fourth-order valence-electron chi connectivity index (χ4n) is 0.844. The van der Waals surface area contributed by atoms with E-state index in [-0.39, 0.29) is 5.78 Å². The molecular formula is C9H11BrOS2. The highest BCUT2D eigenvalue weighted by Crippen LogP contribution is 2.23. The van der Waals surface area contributed by atoms with Gasteiger partial charge in [-0.2, -0.15) is 11.8 Å². The third kappa shape index (κ3) is 3.83. The molecule has 0 saturated heterocycles. The quantitative estimate of drug-likeness (QED) is 0.601. The Balaban J connectivity index is 2.40. The average Bonchev–Trinajstić information content (AvgIpc) is 2.52. The van der Waals surface area contributed by atoms with Gasteiger partial charge in [0.1, 0.15) is 0 Å². The molecule has 0 aromatic carbocycles. The molecule has 4 heteroatoms. The predicted octanol–water partition coefficient (Wildman–Crippen LogP) is 3.84. The van der Waals surface area contributed by atoms with Crippen LogP contribution in [0.3, 0.4) is 0 Å². The summed E-state index contributed by atoms with van der Waals surface area (Å²) in [5, 5.41) is 0. The number of thioether (sulfide) groups is 1. The van der Waals surface area contributed by atoms with Gasteiger partial charge in [0, 0.05) is 0 Å². The Bertz CT molecular complexity index is 283. The molecule has 0 N–H and O–H groups in total. The third-order valence-corrected chi connectivity index (χ3v) is 4.26. The molecule has 0 bridgehead atoms. The molecule has 1 aromatic rings. The van der Waals surface area contributed by atoms with Crippen molar-refractivity contribution < 1.29 is 4.79 Å². The summed E-state index contributed by atoms with van der Waals surface area (Å²) in [7, 11) is 0. The summed E-state index contributed by atoms with van der Waals surface area (Å²) in [5.41, 5.74) is 0. The lowest BCUT2D eigenvalue weighted by Crippen LogP contribution is -1.99. The van der Waals surface area contributed by atoms with Gasteiger partial charge in [-0.15, -0.1) is 11.3 Å². The summed E-state index contributed by atoms with van der Waals surface area (Å²) in [6.07, 6.45) is 1.13. The molecule has 0 atom stereocenters. The zero-order valence-corrected chi connectivity index (χ0v) is 10.6. The Kier molecular flexibility index (Phi) is 5.06. The van der Waals surface area contributed by atoms with Crippen LogP contribution < -0.4 is 0 Å². The highest BCUT2D eigenvalue weighted by molar-refractivity contribution is 9.11. The molecule has 0 aliphatic rings. The number of hydrogen-bond acceptors (Lipinski definition) is 3. The zero-order chi connectivity index (χ0) is 9.68. The first kappa shape index (κ1) is 11.3. The Hall–Kier alpha value is 0.200. The number of hydrogen-bond donors (Lipinski definition) is 0. The van der Waals surface area contributed by atoms with Crippen molar-refractivity contribution in [1.29, 1.82) is 0 Å². The molecule has 0 saturated carbocycles. The number of ketones is 1. The van der Waals surface area contributed by atoms with Crippen LogP contribution in [0.15, 0.2) is 15.9 Å². The minimum absolute atomic E-state index is 0.245. The number of halogens is 1. The van der Waals surface area contributed by atoms with Gasteiger partial charge in [-0.05, 0) is 40.2 Å². The SMILES string of the molecule is CCCSCC(=O)c1ccc(Br)s1. The second kappa shape index (κ2) is 5.83. The summed E-state index contributed by atoms with van der Waals surface area (Å²) < 4.78 is 1.02. The first-order valence-corrected chi connectivity index (χ1v) is 6.86. The molecule has 0 aliphatic carbocycles. The van der Waals surface area contributed by atoms with E-state index in [0.717, 1.165) is 20.8 Å². The minimum atomic E-state index is 0.245. The first-order chi connectivity index (χ1) is 6.24. The zero-order valence-electron chi connectivity index (χ0n) is 7.38. The van der Waals surface area contributed by atoms with Crippen LogP contribution in [0, 0.1) is 0 Å². The molecule has 1 heterocycles. The largest absolute Gasteiger partial charge is 0.292 e. The average molecular weight is 279 g/mol. The van der Waals surface area contributed by atoms with Crippen molar-refractivity contribution in [3.63, 3.8) is 0 Å². The van der Waals surface area contributed by atoms with Crippen molar-refractivity contribution in [2.45, 2.75) is 13.3 Å². The third-order valence-electron chi connectivity index (χ3n) is 1.43. The highest BCUT2D eigenvalue weighted by atomic mass is 79.9. The predicted molar refractivity (Wildman–Crippen MR) is 64.0 cm³/mol. The molecule has 1 rings (SSSR count). The molecule has 0 amide bonds. The lowest BCUT2D eigenvalue weighted by atomic mass is 10.4. The van der Waals surface area contributed by atoms with Crippen LogP contribution in [-0.2, 0) is 0 Å². The van der Waals surface area contributed by atoms with Crippen LogP contribution in [0.2, 0.25) is 0 Å². The monoisotopic (exact) mass is 278 g/mol. The van der Waals surface area contributed by atoms with E-state index in [4.69, 9.17) is 0 Å². The molecule has 13 heavy (non-hydrogen) atoms. The number of thiophene rings is 1. The van der Waals surface area contributed by atoms with E-state index in [1.165, 1.54) is 11.3 Å². The fraction of sp³-hybridized carbons (Fsp3) is 0.444. The van der Waals surface area contributed by atoms with Crippen LogP contribution in [0.1, 0.15) is 23.0 Å². The van der Waals surface area contributed by atoms with E-state index in [2.05, 4.69) is 22.9 Å². The lowest BCUT2D eigenvalue weighted by molar-refractivity contribution is 0.102. The van der Waals surface area contributed by atoms with Crippen LogP contribution >= 0.6 is 39.0 Å². The molecule has 0 aliphatic heterocycles. The van der Waals surface area contributed by atoms with E-state index < -0.39 is 0 Å². The van der Waals surface area contributed by atoms with E-state index in [0.29, 0.717) is 5.75 Å². The van der Waals surface area contributed by atoms with E-state index >= 15 is 0 Å². The van der Waals surface area contributed by atoms with Crippen LogP contribution in [0.5, 0.6) is 0 Å². The van der Waals surface area contributed by atoms with Gasteiger partial charge in [-0.25, -0.2) is 0 Å². The molecule has 72 valence electrons. The summed E-state index contributed by atoms with van der Waals surface area (Å²) in [5.74, 6) is 1.92. The molecule has 0 fully saturated rings. The van der Waals surface area contributed by atoms with Crippen molar-refractivity contribution >= 4 is 44.8 Å². The van der Waals surface area contributed by atoms with E-state index in [1.54, 1.807) is 11.8 Å². The molecule has 0 spiro atoms. The summed E-state index contributed by atoms with van der Waals surface area (Å²) in [6.45, 7) is 2.12. The number of rotatable bonds is 5. The number of Topliss-reactive ketones (excluding diaryl/α,β-unsaturated/α-hetero) is 1. The topological polar surface area (TPSA) is 17.1 Å². The van der Waals surface area contributed by atoms with Gasteiger partial charge in [0.15, 0.2) is 5.78 Å². The first-order valence-electron chi connectivity index (χ1n) is 4.10. The second-order valence-corrected chi connectivity index (χ2v) is 6.15. The second-order valence-electron chi connectivity index (χ2n) is 2.58. The van der Waals surface area contributed by atoms with Crippen molar-refractivity contribution in [3.05, 3.63) is 20.8 Å². The van der Waals surface area contributed by atoms with Crippen molar-refractivity contribution in [2.75, 3.05) is 11.5 Å².